The number of benzene rings is 1. The van der Waals surface area contributed by atoms with Crippen LogP contribution in [-0.2, 0) is 4.79 Å². The van der Waals surface area contributed by atoms with E-state index in [0.29, 0.717) is 18.0 Å². The molecule has 0 atom stereocenters. The molecule has 5 heteroatoms. The van der Waals surface area contributed by atoms with E-state index in [0.717, 1.165) is 10.0 Å². The van der Waals surface area contributed by atoms with Crippen molar-refractivity contribution in [3.63, 3.8) is 0 Å². The number of hydrogen-bond donors (Lipinski definition) is 2. The summed E-state index contributed by atoms with van der Waals surface area (Å²) in [5, 5.41) is 5.37. The van der Waals surface area contributed by atoms with Crippen molar-refractivity contribution in [3.05, 3.63) is 33.8 Å². The highest BCUT2D eigenvalue weighted by Crippen LogP contribution is 2.19. The summed E-state index contributed by atoms with van der Waals surface area (Å²) in [4.78, 5) is 23.4. The molecule has 1 aromatic rings. The van der Waals surface area contributed by atoms with Crippen LogP contribution in [-0.4, -0.2) is 24.9 Å². The lowest BCUT2D eigenvalue weighted by atomic mass is 10.1. The van der Waals surface area contributed by atoms with Crippen LogP contribution in [0.3, 0.4) is 0 Å². The van der Waals surface area contributed by atoms with Crippen LogP contribution in [0, 0.1) is 12.8 Å². The average Bonchev–Trinajstić information content (AvgIpc) is 2.36. The van der Waals surface area contributed by atoms with Crippen molar-refractivity contribution in [1.29, 1.82) is 0 Å². The number of halogens is 1. The van der Waals surface area contributed by atoms with Gasteiger partial charge in [0.15, 0.2) is 0 Å². The van der Waals surface area contributed by atoms with E-state index in [-0.39, 0.29) is 18.4 Å². The maximum atomic E-state index is 11.9. The summed E-state index contributed by atoms with van der Waals surface area (Å²) >= 11 is 3.38. The third-order valence-electron chi connectivity index (χ3n) is 2.63. The number of hydrogen-bond acceptors (Lipinski definition) is 2. The van der Waals surface area contributed by atoms with Crippen LogP contribution < -0.4 is 10.6 Å². The SMILES string of the molecule is Cc1c(Br)cccc1C(=O)NCC(=O)NCC(C)C. The molecule has 0 spiro atoms. The highest BCUT2D eigenvalue weighted by molar-refractivity contribution is 9.10. The van der Waals surface area contributed by atoms with E-state index < -0.39 is 0 Å². The predicted molar refractivity (Wildman–Crippen MR) is 79.1 cm³/mol. The van der Waals surface area contributed by atoms with E-state index in [9.17, 15) is 9.59 Å². The van der Waals surface area contributed by atoms with Crippen LogP contribution in [0.25, 0.3) is 0 Å². The molecule has 0 aromatic heterocycles. The lowest BCUT2D eigenvalue weighted by molar-refractivity contribution is -0.120. The zero-order valence-corrected chi connectivity index (χ0v) is 13.0. The second kappa shape index (κ2) is 7.28. The van der Waals surface area contributed by atoms with Crippen molar-refractivity contribution in [2.45, 2.75) is 20.8 Å². The Morgan fingerprint density at radius 1 is 1.26 bits per heavy atom. The summed E-state index contributed by atoms with van der Waals surface area (Å²) in [6.45, 7) is 6.51. The molecule has 0 heterocycles. The molecule has 19 heavy (non-hydrogen) atoms. The van der Waals surface area contributed by atoms with E-state index in [1.54, 1.807) is 12.1 Å². The number of amides is 2. The van der Waals surface area contributed by atoms with Crippen LogP contribution in [0.1, 0.15) is 29.8 Å². The minimum atomic E-state index is -0.238. The van der Waals surface area contributed by atoms with E-state index >= 15 is 0 Å². The van der Waals surface area contributed by atoms with Crippen molar-refractivity contribution in [1.82, 2.24) is 10.6 Å². The van der Waals surface area contributed by atoms with Crippen molar-refractivity contribution in [3.8, 4) is 0 Å². The zero-order valence-electron chi connectivity index (χ0n) is 11.4. The Labute approximate surface area is 122 Å². The largest absolute Gasteiger partial charge is 0.354 e. The van der Waals surface area contributed by atoms with Crippen LogP contribution >= 0.6 is 15.9 Å². The maximum Gasteiger partial charge on any atom is 0.252 e. The first-order chi connectivity index (χ1) is 8.91. The molecule has 0 aliphatic rings. The number of carbonyl (C=O) groups is 2. The highest BCUT2D eigenvalue weighted by atomic mass is 79.9. The first-order valence-corrected chi connectivity index (χ1v) is 7.01. The van der Waals surface area contributed by atoms with Gasteiger partial charge in [0.25, 0.3) is 5.91 Å². The molecule has 0 bridgehead atoms. The van der Waals surface area contributed by atoms with Gasteiger partial charge in [-0.2, -0.15) is 0 Å². The fourth-order valence-electron chi connectivity index (χ4n) is 1.49. The average molecular weight is 327 g/mol. The molecule has 0 radical (unpaired) electrons. The molecule has 0 aliphatic heterocycles. The van der Waals surface area contributed by atoms with Gasteiger partial charge in [0.1, 0.15) is 0 Å². The third-order valence-corrected chi connectivity index (χ3v) is 3.49. The first kappa shape index (κ1) is 15.7. The Morgan fingerprint density at radius 2 is 1.95 bits per heavy atom. The standard InChI is InChI=1S/C14H19BrN2O2/c1-9(2)7-16-13(18)8-17-14(19)11-5-4-6-12(15)10(11)3/h4-6,9H,7-8H2,1-3H3,(H,16,18)(H,17,19). The normalized spacial score (nSPS) is 10.4. The molecule has 0 aliphatic carbocycles. The van der Waals surface area contributed by atoms with Gasteiger partial charge in [-0.15, -0.1) is 0 Å². The fourth-order valence-corrected chi connectivity index (χ4v) is 1.86. The summed E-state index contributed by atoms with van der Waals surface area (Å²) in [5.74, 6) is -0.0137. The molecule has 4 nitrogen and oxygen atoms in total. The van der Waals surface area contributed by atoms with Crippen LogP contribution in [0.5, 0.6) is 0 Å². The van der Waals surface area contributed by atoms with Crippen LogP contribution in [0.4, 0.5) is 0 Å². The van der Waals surface area contributed by atoms with Gasteiger partial charge in [-0.25, -0.2) is 0 Å². The van der Waals surface area contributed by atoms with Gasteiger partial charge in [-0.05, 0) is 30.5 Å². The van der Waals surface area contributed by atoms with Gasteiger partial charge >= 0.3 is 0 Å². The molecule has 104 valence electrons. The molecule has 2 N–H and O–H groups in total. The van der Waals surface area contributed by atoms with Crippen molar-refractivity contribution in [2.24, 2.45) is 5.92 Å². The van der Waals surface area contributed by atoms with Crippen LogP contribution in [0.15, 0.2) is 22.7 Å². The van der Waals surface area contributed by atoms with Crippen molar-refractivity contribution < 1.29 is 9.59 Å². The smallest absolute Gasteiger partial charge is 0.252 e. The second-order valence-electron chi connectivity index (χ2n) is 4.79. The number of carbonyl (C=O) groups excluding carboxylic acids is 2. The second-order valence-corrected chi connectivity index (χ2v) is 5.65. The third kappa shape index (κ3) is 5.03. The van der Waals surface area contributed by atoms with Gasteiger partial charge in [0.05, 0.1) is 6.54 Å². The Balaban J connectivity index is 2.52. The molecule has 0 saturated heterocycles. The topological polar surface area (TPSA) is 58.2 Å². The molecular weight excluding hydrogens is 308 g/mol. The summed E-state index contributed by atoms with van der Waals surface area (Å²) in [7, 11) is 0. The fraction of sp³-hybridized carbons (Fsp3) is 0.429. The van der Waals surface area contributed by atoms with E-state index in [2.05, 4.69) is 26.6 Å². The Hall–Kier alpha value is -1.36. The van der Waals surface area contributed by atoms with Gasteiger partial charge in [0.2, 0.25) is 5.91 Å². The molecule has 0 saturated carbocycles. The minimum absolute atomic E-state index is 0.00247. The monoisotopic (exact) mass is 326 g/mol. The van der Waals surface area contributed by atoms with Crippen LogP contribution in [0.2, 0.25) is 0 Å². The summed E-state index contributed by atoms with van der Waals surface area (Å²) in [6, 6.07) is 5.41. The Bertz CT molecular complexity index is 473. The van der Waals surface area contributed by atoms with Crippen molar-refractivity contribution in [2.75, 3.05) is 13.1 Å². The summed E-state index contributed by atoms with van der Waals surface area (Å²) in [6.07, 6.45) is 0. The Morgan fingerprint density at radius 3 is 2.58 bits per heavy atom. The molecule has 0 fully saturated rings. The van der Waals surface area contributed by atoms with E-state index in [1.807, 2.05) is 26.8 Å². The number of nitrogens with one attached hydrogen (secondary N) is 2. The minimum Gasteiger partial charge on any atom is -0.354 e. The quantitative estimate of drug-likeness (QED) is 0.872. The summed E-state index contributed by atoms with van der Waals surface area (Å²) < 4.78 is 0.879. The maximum absolute atomic E-state index is 11.9. The van der Waals surface area contributed by atoms with E-state index in [1.165, 1.54) is 0 Å². The molecule has 0 unspecified atom stereocenters. The number of rotatable bonds is 5. The van der Waals surface area contributed by atoms with Crippen molar-refractivity contribution >= 4 is 27.7 Å². The molecule has 1 aromatic carbocycles. The molecule has 1 rings (SSSR count). The lowest BCUT2D eigenvalue weighted by Crippen LogP contribution is -2.38. The van der Waals surface area contributed by atoms with Gasteiger partial charge in [-0.3, -0.25) is 9.59 Å². The predicted octanol–water partition coefficient (Wildman–Crippen LogP) is 2.26. The molecule has 2 amide bonds. The highest BCUT2D eigenvalue weighted by Gasteiger charge is 2.11. The lowest BCUT2D eigenvalue weighted by Gasteiger charge is -2.10. The van der Waals surface area contributed by atoms with Gasteiger partial charge < -0.3 is 10.6 Å². The van der Waals surface area contributed by atoms with E-state index in [4.69, 9.17) is 0 Å². The van der Waals surface area contributed by atoms with Gasteiger partial charge in [-0.1, -0.05) is 35.8 Å². The first-order valence-electron chi connectivity index (χ1n) is 6.21. The zero-order chi connectivity index (χ0) is 14.4. The summed E-state index contributed by atoms with van der Waals surface area (Å²) in [5.41, 5.74) is 1.44. The Kier molecular flexibility index (Phi) is 6.02. The molecular formula is C14H19BrN2O2. The van der Waals surface area contributed by atoms with Gasteiger partial charge in [0, 0.05) is 16.6 Å².